The Morgan fingerprint density at radius 3 is 3.05 bits per heavy atom. The standard InChI is InChI=1S/C15H17N3O/c1-2-4-12-11(3-1)7-8-16-14(12)15-17-13(18-19-15)9-10-5-6-10/h1-4,10,14,16H,5-9H2. The summed E-state index contributed by atoms with van der Waals surface area (Å²) >= 11 is 0. The van der Waals surface area contributed by atoms with Gasteiger partial charge in [-0.3, -0.25) is 0 Å². The number of hydrogen-bond acceptors (Lipinski definition) is 4. The van der Waals surface area contributed by atoms with Crippen LogP contribution < -0.4 is 5.32 Å². The molecule has 1 atom stereocenters. The Morgan fingerprint density at radius 2 is 2.16 bits per heavy atom. The van der Waals surface area contributed by atoms with Gasteiger partial charge < -0.3 is 9.84 Å². The van der Waals surface area contributed by atoms with Gasteiger partial charge >= 0.3 is 0 Å². The van der Waals surface area contributed by atoms with Crippen LogP contribution >= 0.6 is 0 Å². The summed E-state index contributed by atoms with van der Waals surface area (Å²) in [6, 6.07) is 8.56. The fourth-order valence-corrected chi connectivity index (χ4v) is 2.77. The van der Waals surface area contributed by atoms with E-state index in [1.807, 2.05) is 0 Å². The minimum atomic E-state index is 0.0606. The summed E-state index contributed by atoms with van der Waals surface area (Å²) in [6.07, 6.45) is 4.66. The lowest BCUT2D eigenvalue weighted by Gasteiger charge is -2.23. The van der Waals surface area contributed by atoms with E-state index < -0.39 is 0 Å². The monoisotopic (exact) mass is 255 g/mol. The van der Waals surface area contributed by atoms with Crippen molar-refractivity contribution < 1.29 is 4.52 Å². The molecule has 1 aromatic heterocycles. The molecule has 0 radical (unpaired) electrons. The van der Waals surface area contributed by atoms with Crippen molar-refractivity contribution in [3.63, 3.8) is 0 Å². The van der Waals surface area contributed by atoms with Crippen molar-refractivity contribution >= 4 is 0 Å². The van der Waals surface area contributed by atoms with Crippen molar-refractivity contribution in [2.75, 3.05) is 6.54 Å². The molecule has 0 saturated heterocycles. The highest BCUT2D eigenvalue weighted by atomic mass is 16.5. The number of aromatic nitrogens is 2. The first kappa shape index (κ1) is 11.2. The Balaban J connectivity index is 1.63. The molecule has 1 aliphatic carbocycles. The zero-order valence-corrected chi connectivity index (χ0v) is 10.8. The minimum absolute atomic E-state index is 0.0606. The molecule has 1 N–H and O–H groups in total. The molecule has 98 valence electrons. The molecule has 0 spiro atoms. The highest BCUT2D eigenvalue weighted by Crippen LogP contribution is 2.32. The molecule has 1 aromatic carbocycles. The van der Waals surface area contributed by atoms with Gasteiger partial charge in [0.2, 0.25) is 5.89 Å². The second-order valence-corrected chi connectivity index (χ2v) is 5.53. The van der Waals surface area contributed by atoms with E-state index in [9.17, 15) is 0 Å². The number of nitrogens with one attached hydrogen (secondary N) is 1. The zero-order valence-electron chi connectivity index (χ0n) is 10.8. The first-order valence-electron chi connectivity index (χ1n) is 7.04. The maximum atomic E-state index is 5.47. The van der Waals surface area contributed by atoms with Crippen molar-refractivity contribution in [1.29, 1.82) is 0 Å². The molecule has 1 aliphatic heterocycles. The van der Waals surface area contributed by atoms with Crippen LogP contribution in [-0.2, 0) is 12.8 Å². The average molecular weight is 255 g/mol. The third kappa shape index (κ3) is 2.16. The number of rotatable bonds is 3. The van der Waals surface area contributed by atoms with E-state index in [1.54, 1.807) is 0 Å². The summed E-state index contributed by atoms with van der Waals surface area (Å²) in [6.45, 7) is 0.960. The second-order valence-electron chi connectivity index (χ2n) is 5.53. The Kier molecular flexibility index (Phi) is 2.62. The van der Waals surface area contributed by atoms with Gasteiger partial charge in [0.05, 0.1) is 0 Å². The van der Waals surface area contributed by atoms with Crippen molar-refractivity contribution in [3.8, 4) is 0 Å². The quantitative estimate of drug-likeness (QED) is 0.914. The van der Waals surface area contributed by atoms with Gasteiger partial charge in [-0.1, -0.05) is 29.4 Å². The number of nitrogens with zero attached hydrogens (tertiary/aromatic N) is 2. The fourth-order valence-electron chi connectivity index (χ4n) is 2.77. The second kappa shape index (κ2) is 4.46. The largest absolute Gasteiger partial charge is 0.337 e. The predicted octanol–water partition coefficient (Wildman–Crippen LogP) is 2.26. The molecular formula is C15H17N3O. The molecule has 2 heterocycles. The third-order valence-electron chi connectivity index (χ3n) is 4.01. The highest BCUT2D eigenvalue weighted by Gasteiger charge is 2.28. The van der Waals surface area contributed by atoms with Crippen molar-refractivity contribution in [1.82, 2.24) is 15.5 Å². The lowest BCUT2D eigenvalue weighted by Crippen LogP contribution is -2.30. The van der Waals surface area contributed by atoms with Gasteiger partial charge in [0.15, 0.2) is 5.82 Å². The summed E-state index contributed by atoms with van der Waals surface area (Å²) < 4.78 is 5.47. The first-order valence-corrected chi connectivity index (χ1v) is 7.04. The van der Waals surface area contributed by atoms with Crippen LogP contribution in [0.15, 0.2) is 28.8 Å². The van der Waals surface area contributed by atoms with Crippen LogP contribution in [0, 0.1) is 5.92 Å². The van der Waals surface area contributed by atoms with Gasteiger partial charge in [0, 0.05) is 13.0 Å². The van der Waals surface area contributed by atoms with E-state index in [1.165, 1.54) is 24.0 Å². The summed E-state index contributed by atoms with van der Waals surface area (Å²) in [5.41, 5.74) is 2.66. The predicted molar refractivity (Wildman–Crippen MR) is 70.7 cm³/mol. The highest BCUT2D eigenvalue weighted by molar-refractivity contribution is 5.35. The van der Waals surface area contributed by atoms with Gasteiger partial charge in [-0.2, -0.15) is 4.98 Å². The Labute approximate surface area is 112 Å². The van der Waals surface area contributed by atoms with Gasteiger partial charge in [-0.25, -0.2) is 0 Å². The van der Waals surface area contributed by atoms with Crippen molar-refractivity contribution in [2.24, 2.45) is 5.92 Å². The molecule has 4 nitrogen and oxygen atoms in total. The molecule has 4 heteroatoms. The topological polar surface area (TPSA) is 51.0 Å². The third-order valence-corrected chi connectivity index (χ3v) is 4.01. The SMILES string of the molecule is c1ccc2c(c1)CCNC2c1nc(CC2CC2)no1. The summed E-state index contributed by atoms with van der Waals surface area (Å²) in [7, 11) is 0. The smallest absolute Gasteiger partial charge is 0.248 e. The fraction of sp³-hybridized carbons (Fsp3) is 0.467. The van der Waals surface area contributed by atoms with Crippen LogP contribution in [0.4, 0.5) is 0 Å². The van der Waals surface area contributed by atoms with Crippen LogP contribution in [0.25, 0.3) is 0 Å². The van der Waals surface area contributed by atoms with Crippen LogP contribution in [0.5, 0.6) is 0 Å². The zero-order chi connectivity index (χ0) is 12.7. The van der Waals surface area contributed by atoms with Crippen LogP contribution in [0.2, 0.25) is 0 Å². The van der Waals surface area contributed by atoms with E-state index in [0.717, 1.165) is 31.1 Å². The van der Waals surface area contributed by atoms with E-state index in [4.69, 9.17) is 4.52 Å². The van der Waals surface area contributed by atoms with Crippen LogP contribution in [0.3, 0.4) is 0 Å². The number of hydrogen-bond donors (Lipinski definition) is 1. The van der Waals surface area contributed by atoms with Crippen molar-refractivity contribution in [3.05, 3.63) is 47.1 Å². The molecule has 2 aliphatic rings. The first-order chi connectivity index (χ1) is 9.40. The maximum absolute atomic E-state index is 5.47. The van der Waals surface area contributed by atoms with E-state index in [2.05, 4.69) is 39.7 Å². The summed E-state index contributed by atoms with van der Waals surface area (Å²) in [5.74, 6) is 2.36. The van der Waals surface area contributed by atoms with Gasteiger partial charge in [-0.05, 0) is 36.3 Å². The molecule has 0 bridgehead atoms. The Morgan fingerprint density at radius 1 is 1.26 bits per heavy atom. The lowest BCUT2D eigenvalue weighted by atomic mass is 9.94. The minimum Gasteiger partial charge on any atom is -0.337 e. The van der Waals surface area contributed by atoms with Gasteiger partial charge in [0.1, 0.15) is 6.04 Å². The Bertz CT molecular complexity index is 589. The Hall–Kier alpha value is -1.68. The molecule has 4 rings (SSSR count). The van der Waals surface area contributed by atoms with Gasteiger partial charge in [-0.15, -0.1) is 0 Å². The molecule has 1 saturated carbocycles. The van der Waals surface area contributed by atoms with E-state index in [0.29, 0.717) is 5.89 Å². The van der Waals surface area contributed by atoms with E-state index >= 15 is 0 Å². The molecule has 0 amide bonds. The number of benzene rings is 1. The maximum Gasteiger partial charge on any atom is 0.248 e. The molecular weight excluding hydrogens is 238 g/mol. The van der Waals surface area contributed by atoms with Crippen LogP contribution in [-0.4, -0.2) is 16.7 Å². The molecule has 19 heavy (non-hydrogen) atoms. The lowest BCUT2D eigenvalue weighted by molar-refractivity contribution is 0.340. The summed E-state index contributed by atoms with van der Waals surface area (Å²) in [4.78, 5) is 4.57. The van der Waals surface area contributed by atoms with E-state index in [-0.39, 0.29) is 6.04 Å². The normalized spacial score (nSPS) is 22.2. The number of fused-ring (bicyclic) bond motifs is 1. The molecule has 1 unspecified atom stereocenters. The van der Waals surface area contributed by atoms with Gasteiger partial charge in [0.25, 0.3) is 0 Å². The van der Waals surface area contributed by atoms with Crippen molar-refractivity contribution in [2.45, 2.75) is 31.7 Å². The summed E-state index contributed by atoms with van der Waals surface area (Å²) in [5, 5.41) is 7.60. The molecule has 2 aromatic rings. The van der Waals surface area contributed by atoms with Crippen LogP contribution in [0.1, 0.15) is 41.7 Å². The molecule has 1 fully saturated rings. The average Bonchev–Trinajstić information content (AvgIpc) is 3.14.